The van der Waals surface area contributed by atoms with E-state index in [-0.39, 0.29) is 5.92 Å². The van der Waals surface area contributed by atoms with Crippen molar-refractivity contribution in [2.75, 3.05) is 31.1 Å². The van der Waals surface area contributed by atoms with Gasteiger partial charge in [-0.05, 0) is 43.5 Å². The predicted octanol–water partition coefficient (Wildman–Crippen LogP) is 2.01. The van der Waals surface area contributed by atoms with Gasteiger partial charge in [-0.3, -0.25) is 4.79 Å². The van der Waals surface area contributed by atoms with Crippen LogP contribution in [0.4, 0.5) is 5.69 Å². The number of carbonyl (C=O) groups excluding carboxylic acids is 1. The van der Waals surface area contributed by atoms with Crippen LogP contribution in [-0.2, 0) is 4.79 Å². The van der Waals surface area contributed by atoms with E-state index in [1.54, 1.807) is 0 Å². The summed E-state index contributed by atoms with van der Waals surface area (Å²) in [5.41, 5.74) is 1.79. The van der Waals surface area contributed by atoms with Crippen molar-refractivity contribution >= 4 is 11.6 Å². The second-order valence-electron chi connectivity index (χ2n) is 5.62. The fourth-order valence-electron chi connectivity index (χ4n) is 3.14. The molecule has 2 aliphatic heterocycles. The zero-order valence-corrected chi connectivity index (χ0v) is 11.6. The molecule has 2 heterocycles. The molecule has 0 bridgehead atoms. The van der Waals surface area contributed by atoms with Gasteiger partial charge in [0.1, 0.15) is 0 Å². The Morgan fingerprint density at radius 1 is 1.15 bits per heavy atom. The molecule has 0 aromatic heterocycles. The summed E-state index contributed by atoms with van der Waals surface area (Å²) in [6.07, 6.45) is 3.24. The van der Waals surface area contributed by atoms with Crippen molar-refractivity contribution in [3.8, 4) is 6.07 Å². The lowest BCUT2D eigenvalue weighted by Crippen LogP contribution is -2.35. The topological polar surface area (TPSA) is 47.3 Å². The Hall–Kier alpha value is -2.02. The van der Waals surface area contributed by atoms with Gasteiger partial charge in [0.05, 0.1) is 17.6 Å². The molecule has 2 fully saturated rings. The van der Waals surface area contributed by atoms with Crippen molar-refractivity contribution in [3.05, 3.63) is 29.8 Å². The maximum atomic E-state index is 12.4. The van der Waals surface area contributed by atoms with Crippen molar-refractivity contribution in [2.24, 2.45) is 5.92 Å². The highest BCUT2D eigenvalue weighted by Crippen LogP contribution is 2.26. The van der Waals surface area contributed by atoms with E-state index in [1.807, 2.05) is 29.2 Å². The summed E-state index contributed by atoms with van der Waals surface area (Å²) in [6, 6.07) is 9.75. The first kappa shape index (κ1) is 13.0. The third-order valence-electron chi connectivity index (χ3n) is 4.32. The highest BCUT2D eigenvalue weighted by molar-refractivity contribution is 5.80. The molecule has 2 aliphatic rings. The molecule has 3 rings (SSSR count). The summed E-state index contributed by atoms with van der Waals surface area (Å²) < 4.78 is 0. The first-order chi connectivity index (χ1) is 9.78. The van der Waals surface area contributed by atoms with Gasteiger partial charge in [0.2, 0.25) is 5.91 Å². The van der Waals surface area contributed by atoms with E-state index in [0.717, 1.165) is 51.1 Å². The van der Waals surface area contributed by atoms with Gasteiger partial charge in [0, 0.05) is 31.9 Å². The molecule has 4 heteroatoms. The van der Waals surface area contributed by atoms with Crippen LogP contribution in [-0.4, -0.2) is 37.0 Å². The van der Waals surface area contributed by atoms with Crippen LogP contribution in [0.5, 0.6) is 0 Å². The normalized spacial score (nSPS) is 22.1. The zero-order chi connectivity index (χ0) is 13.9. The molecule has 4 nitrogen and oxygen atoms in total. The van der Waals surface area contributed by atoms with Crippen LogP contribution in [0.2, 0.25) is 0 Å². The Labute approximate surface area is 119 Å². The number of nitriles is 1. The average Bonchev–Trinajstić information content (AvgIpc) is 3.18. The maximum Gasteiger partial charge on any atom is 0.227 e. The largest absolute Gasteiger partial charge is 0.371 e. The van der Waals surface area contributed by atoms with Crippen LogP contribution < -0.4 is 4.90 Å². The Morgan fingerprint density at radius 2 is 1.85 bits per heavy atom. The zero-order valence-electron chi connectivity index (χ0n) is 11.6. The van der Waals surface area contributed by atoms with Crippen molar-refractivity contribution in [1.82, 2.24) is 4.90 Å². The molecule has 2 saturated heterocycles. The Morgan fingerprint density at radius 3 is 2.50 bits per heavy atom. The molecule has 0 spiro atoms. The minimum atomic E-state index is 0.142. The van der Waals surface area contributed by atoms with Crippen molar-refractivity contribution in [3.63, 3.8) is 0 Å². The summed E-state index contributed by atoms with van der Waals surface area (Å²) in [4.78, 5) is 16.7. The fraction of sp³-hybridized carbons (Fsp3) is 0.500. The third-order valence-corrected chi connectivity index (χ3v) is 4.32. The highest BCUT2D eigenvalue weighted by Gasteiger charge is 2.32. The van der Waals surface area contributed by atoms with Gasteiger partial charge in [-0.25, -0.2) is 0 Å². The molecular formula is C16H19N3O. The quantitative estimate of drug-likeness (QED) is 0.825. The number of hydrogen-bond donors (Lipinski definition) is 0. The Balaban J connectivity index is 1.63. The number of rotatable bonds is 2. The highest BCUT2D eigenvalue weighted by atomic mass is 16.2. The summed E-state index contributed by atoms with van der Waals surface area (Å²) in [5.74, 6) is 0.474. The molecule has 0 N–H and O–H groups in total. The lowest BCUT2D eigenvalue weighted by Gasteiger charge is -2.21. The van der Waals surface area contributed by atoms with Gasteiger partial charge in [0.15, 0.2) is 0 Å². The maximum absolute atomic E-state index is 12.4. The number of likely N-dealkylation sites (tertiary alicyclic amines) is 1. The van der Waals surface area contributed by atoms with E-state index in [1.165, 1.54) is 0 Å². The number of hydrogen-bond acceptors (Lipinski definition) is 3. The molecule has 1 unspecified atom stereocenters. The van der Waals surface area contributed by atoms with Crippen molar-refractivity contribution in [1.29, 1.82) is 5.26 Å². The summed E-state index contributed by atoms with van der Waals surface area (Å²) >= 11 is 0. The van der Waals surface area contributed by atoms with Gasteiger partial charge in [0.25, 0.3) is 0 Å². The molecule has 1 aromatic carbocycles. The third kappa shape index (κ3) is 2.49. The van der Waals surface area contributed by atoms with Gasteiger partial charge in [-0.2, -0.15) is 5.26 Å². The van der Waals surface area contributed by atoms with Gasteiger partial charge in [-0.1, -0.05) is 0 Å². The second-order valence-corrected chi connectivity index (χ2v) is 5.62. The number of nitrogens with zero attached hydrogens (tertiary/aromatic N) is 3. The standard InChI is InChI=1S/C16H19N3O/c17-11-13-3-5-15(6-4-13)19-10-7-14(12-19)16(20)18-8-1-2-9-18/h3-6,14H,1-2,7-10,12H2. The molecule has 0 radical (unpaired) electrons. The number of anilines is 1. The van der Waals surface area contributed by atoms with Crippen LogP contribution in [0, 0.1) is 17.2 Å². The van der Waals surface area contributed by atoms with Crippen LogP contribution in [0.25, 0.3) is 0 Å². The van der Waals surface area contributed by atoms with Crippen LogP contribution >= 0.6 is 0 Å². The van der Waals surface area contributed by atoms with Crippen molar-refractivity contribution < 1.29 is 4.79 Å². The van der Waals surface area contributed by atoms with E-state index < -0.39 is 0 Å². The molecule has 0 aliphatic carbocycles. The van der Waals surface area contributed by atoms with Gasteiger partial charge >= 0.3 is 0 Å². The summed E-state index contributed by atoms with van der Waals surface area (Å²) in [5, 5.41) is 8.82. The smallest absolute Gasteiger partial charge is 0.227 e. The summed E-state index contributed by atoms with van der Waals surface area (Å²) in [7, 11) is 0. The first-order valence-corrected chi connectivity index (χ1v) is 7.32. The number of amides is 1. The first-order valence-electron chi connectivity index (χ1n) is 7.32. The molecule has 104 valence electrons. The molecular weight excluding hydrogens is 250 g/mol. The number of carbonyl (C=O) groups is 1. The van der Waals surface area contributed by atoms with Gasteiger partial charge < -0.3 is 9.80 Å². The van der Waals surface area contributed by atoms with E-state index in [2.05, 4.69) is 11.0 Å². The summed E-state index contributed by atoms with van der Waals surface area (Å²) in [6.45, 7) is 3.61. The second kappa shape index (κ2) is 5.54. The van der Waals surface area contributed by atoms with Crippen molar-refractivity contribution in [2.45, 2.75) is 19.3 Å². The lowest BCUT2D eigenvalue weighted by atomic mass is 10.1. The van der Waals surface area contributed by atoms with E-state index in [9.17, 15) is 4.79 Å². The number of benzene rings is 1. The molecule has 0 saturated carbocycles. The van der Waals surface area contributed by atoms with Crippen LogP contribution in [0.3, 0.4) is 0 Å². The Kier molecular flexibility index (Phi) is 3.60. The van der Waals surface area contributed by atoms with E-state index >= 15 is 0 Å². The average molecular weight is 269 g/mol. The molecule has 1 amide bonds. The fourth-order valence-corrected chi connectivity index (χ4v) is 3.14. The van der Waals surface area contributed by atoms with Crippen LogP contribution in [0.1, 0.15) is 24.8 Å². The van der Waals surface area contributed by atoms with Crippen LogP contribution in [0.15, 0.2) is 24.3 Å². The molecule has 1 aromatic rings. The Bertz CT molecular complexity index is 526. The van der Waals surface area contributed by atoms with Gasteiger partial charge in [-0.15, -0.1) is 0 Å². The minimum Gasteiger partial charge on any atom is -0.371 e. The SMILES string of the molecule is N#Cc1ccc(N2CCC(C(=O)N3CCCC3)C2)cc1. The predicted molar refractivity (Wildman–Crippen MR) is 77.3 cm³/mol. The molecule has 20 heavy (non-hydrogen) atoms. The monoisotopic (exact) mass is 269 g/mol. The minimum absolute atomic E-state index is 0.142. The van der Waals surface area contributed by atoms with E-state index in [4.69, 9.17) is 5.26 Å². The lowest BCUT2D eigenvalue weighted by molar-refractivity contribution is -0.133. The van der Waals surface area contributed by atoms with E-state index in [0.29, 0.717) is 11.5 Å². The molecule has 1 atom stereocenters.